The number of rotatable bonds is 8. The van der Waals surface area contributed by atoms with Gasteiger partial charge in [-0.15, -0.1) is 0 Å². The molecule has 0 bridgehead atoms. The van der Waals surface area contributed by atoms with Gasteiger partial charge in [-0.25, -0.2) is 5.43 Å². The first-order valence-electron chi connectivity index (χ1n) is 12.1. The van der Waals surface area contributed by atoms with E-state index in [4.69, 9.17) is 0 Å². The Morgan fingerprint density at radius 1 is 1.03 bits per heavy atom. The van der Waals surface area contributed by atoms with Crippen LogP contribution in [0.5, 0.6) is 0 Å². The van der Waals surface area contributed by atoms with E-state index in [9.17, 15) is 14.9 Å². The van der Waals surface area contributed by atoms with Gasteiger partial charge in [0.2, 0.25) is 0 Å². The van der Waals surface area contributed by atoms with Crippen molar-refractivity contribution in [3.05, 3.63) is 107 Å². The Morgan fingerprint density at radius 3 is 2.46 bits per heavy atom. The highest BCUT2D eigenvalue weighted by atomic mass is 16.2. The molecule has 4 rings (SSSR count). The topological polar surface area (TPSA) is 99.3 Å². The number of hydrazone groups is 1. The number of carbonyl (C=O) groups is 2. The molecule has 186 valence electrons. The molecule has 1 unspecified atom stereocenters. The van der Waals surface area contributed by atoms with Gasteiger partial charge in [0, 0.05) is 34.8 Å². The van der Waals surface area contributed by atoms with Gasteiger partial charge in [-0.3, -0.25) is 9.59 Å². The maximum atomic E-state index is 12.9. The second-order valence-corrected chi connectivity index (χ2v) is 9.29. The lowest BCUT2D eigenvalue weighted by Crippen LogP contribution is -2.48. The van der Waals surface area contributed by atoms with E-state index < -0.39 is 11.9 Å². The van der Waals surface area contributed by atoms with E-state index in [0.717, 1.165) is 27.6 Å². The number of aromatic nitrogens is 1. The van der Waals surface area contributed by atoms with Crippen molar-refractivity contribution in [3.63, 3.8) is 0 Å². The Kier molecular flexibility index (Phi) is 7.80. The summed E-state index contributed by atoms with van der Waals surface area (Å²) in [5, 5.41) is 17.4. The molecule has 3 aromatic carbocycles. The smallest absolute Gasteiger partial charge is 0.262 e. The van der Waals surface area contributed by atoms with Gasteiger partial charge in [-0.2, -0.15) is 10.4 Å². The third-order valence-corrected chi connectivity index (χ3v) is 6.23. The lowest BCUT2D eigenvalue weighted by Gasteiger charge is -2.20. The molecule has 0 aliphatic heterocycles. The Hall–Kier alpha value is -4.70. The first kappa shape index (κ1) is 25.4. The fraction of sp³-hybridized carbons (Fsp3) is 0.200. The summed E-state index contributed by atoms with van der Waals surface area (Å²) in [4.78, 5) is 25.6. The van der Waals surface area contributed by atoms with Crippen molar-refractivity contribution < 1.29 is 9.59 Å². The van der Waals surface area contributed by atoms with Gasteiger partial charge in [0.1, 0.15) is 6.04 Å². The predicted molar refractivity (Wildman–Crippen MR) is 145 cm³/mol. The van der Waals surface area contributed by atoms with E-state index in [1.54, 1.807) is 18.3 Å². The number of hydrogen-bond acceptors (Lipinski definition) is 4. The van der Waals surface area contributed by atoms with E-state index in [2.05, 4.69) is 26.5 Å². The minimum atomic E-state index is -0.741. The quantitative estimate of drug-likeness (QED) is 0.274. The van der Waals surface area contributed by atoms with Crippen LogP contribution >= 0.6 is 0 Å². The number of nitrogens with zero attached hydrogens (tertiary/aromatic N) is 3. The minimum Gasteiger partial charge on any atom is -0.342 e. The van der Waals surface area contributed by atoms with Crippen molar-refractivity contribution in [2.24, 2.45) is 11.0 Å². The first-order chi connectivity index (χ1) is 17.9. The number of fused-ring (bicyclic) bond motifs is 1. The summed E-state index contributed by atoms with van der Waals surface area (Å²) >= 11 is 0. The van der Waals surface area contributed by atoms with Gasteiger partial charge < -0.3 is 9.88 Å². The molecule has 0 aliphatic rings. The number of nitrogens with one attached hydrogen (secondary N) is 2. The zero-order chi connectivity index (χ0) is 26.4. The molecular formula is C30H29N5O2. The van der Waals surface area contributed by atoms with Crippen molar-refractivity contribution in [1.82, 2.24) is 15.3 Å². The third-order valence-electron chi connectivity index (χ3n) is 6.23. The Balaban J connectivity index is 1.50. The van der Waals surface area contributed by atoms with Crippen LogP contribution in [0.1, 0.15) is 46.5 Å². The lowest BCUT2D eigenvalue weighted by atomic mass is 10.0. The second kappa shape index (κ2) is 11.4. The first-order valence-corrected chi connectivity index (χ1v) is 12.1. The fourth-order valence-electron chi connectivity index (χ4n) is 4.16. The third kappa shape index (κ3) is 5.93. The SMILES string of the molecule is Cc1ccc(C(=O)NC(C(=O)NN=Cc2cn(Cc3ccccc3C#N)c3ccccc23)C(C)C)cc1. The number of carbonyl (C=O) groups excluding carboxylic acids is 2. The molecule has 37 heavy (non-hydrogen) atoms. The molecular weight excluding hydrogens is 462 g/mol. The fourth-order valence-corrected chi connectivity index (χ4v) is 4.16. The van der Waals surface area contributed by atoms with Crippen molar-refractivity contribution in [1.29, 1.82) is 5.26 Å². The maximum Gasteiger partial charge on any atom is 0.262 e. The maximum absolute atomic E-state index is 12.9. The molecule has 0 saturated heterocycles. The average molecular weight is 492 g/mol. The van der Waals surface area contributed by atoms with Crippen LogP contribution in [0.25, 0.3) is 10.9 Å². The van der Waals surface area contributed by atoms with E-state index in [-0.39, 0.29) is 11.8 Å². The molecule has 0 radical (unpaired) electrons. The van der Waals surface area contributed by atoms with Crippen LogP contribution in [-0.2, 0) is 11.3 Å². The highest BCUT2D eigenvalue weighted by Gasteiger charge is 2.24. The highest BCUT2D eigenvalue weighted by Crippen LogP contribution is 2.22. The largest absolute Gasteiger partial charge is 0.342 e. The van der Waals surface area contributed by atoms with Crippen molar-refractivity contribution in [2.75, 3.05) is 0 Å². The molecule has 1 heterocycles. The molecule has 1 atom stereocenters. The van der Waals surface area contributed by atoms with Crippen molar-refractivity contribution >= 4 is 28.9 Å². The van der Waals surface area contributed by atoms with Gasteiger partial charge in [0.25, 0.3) is 11.8 Å². The summed E-state index contributed by atoms with van der Waals surface area (Å²) in [7, 11) is 0. The monoisotopic (exact) mass is 491 g/mol. The van der Waals surface area contributed by atoms with E-state index >= 15 is 0 Å². The Labute approximate surface area is 216 Å². The van der Waals surface area contributed by atoms with Crippen molar-refractivity contribution in [3.8, 4) is 6.07 Å². The summed E-state index contributed by atoms with van der Waals surface area (Å²) in [6.45, 7) is 6.23. The summed E-state index contributed by atoms with van der Waals surface area (Å²) < 4.78 is 2.06. The molecule has 1 aromatic heterocycles. The molecule has 7 nitrogen and oxygen atoms in total. The number of hydrogen-bond donors (Lipinski definition) is 2. The van der Waals surface area contributed by atoms with Gasteiger partial charge in [0.05, 0.1) is 17.8 Å². The molecule has 2 N–H and O–H groups in total. The number of benzene rings is 3. The molecule has 7 heteroatoms. The van der Waals surface area contributed by atoms with Gasteiger partial charge in [-0.1, -0.05) is 67.9 Å². The standard InChI is InChI=1S/C30H29N5O2/c1-20(2)28(33-29(36)22-14-12-21(3)13-15-22)30(37)34-32-17-25-19-35(27-11-7-6-10-26(25)27)18-24-9-5-4-8-23(24)16-31/h4-15,17,19-20,28H,18H2,1-3H3,(H,33,36)(H,34,37). The summed E-state index contributed by atoms with van der Waals surface area (Å²) in [5.74, 6) is -0.830. The number of nitriles is 1. The van der Waals surface area contributed by atoms with Crippen LogP contribution in [-0.4, -0.2) is 28.6 Å². The molecule has 0 spiro atoms. The molecule has 2 amide bonds. The van der Waals surface area contributed by atoms with Crippen LogP contribution in [0.3, 0.4) is 0 Å². The second-order valence-electron chi connectivity index (χ2n) is 9.29. The summed E-state index contributed by atoms with van der Waals surface area (Å²) in [6, 6.07) is 24.1. The zero-order valence-electron chi connectivity index (χ0n) is 21.1. The summed E-state index contributed by atoms with van der Waals surface area (Å²) in [5.41, 5.74) is 7.52. The van der Waals surface area contributed by atoms with Crippen LogP contribution in [0.15, 0.2) is 84.1 Å². The van der Waals surface area contributed by atoms with Crippen molar-refractivity contribution in [2.45, 2.75) is 33.4 Å². The van der Waals surface area contributed by atoms with Crippen LogP contribution in [0.2, 0.25) is 0 Å². The van der Waals surface area contributed by atoms with E-state index in [0.29, 0.717) is 17.7 Å². The average Bonchev–Trinajstić information content (AvgIpc) is 3.24. The zero-order valence-corrected chi connectivity index (χ0v) is 21.1. The Bertz CT molecular complexity index is 1490. The molecule has 0 saturated carbocycles. The van der Waals surface area contributed by atoms with E-state index in [1.165, 1.54) is 0 Å². The molecule has 0 fully saturated rings. The molecule has 4 aromatic rings. The van der Waals surface area contributed by atoms with Crippen LogP contribution < -0.4 is 10.7 Å². The highest BCUT2D eigenvalue weighted by molar-refractivity contribution is 6.00. The normalized spacial score (nSPS) is 12.0. The molecule has 0 aliphatic carbocycles. The summed E-state index contributed by atoms with van der Waals surface area (Å²) in [6.07, 6.45) is 3.56. The van der Waals surface area contributed by atoms with Crippen LogP contribution in [0.4, 0.5) is 0 Å². The minimum absolute atomic E-state index is 0.133. The van der Waals surface area contributed by atoms with Crippen LogP contribution in [0, 0.1) is 24.2 Å². The number of aryl methyl sites for hydroxylation is 1. The number of amides is 2. The van der Waals surface area contributed by atoms with Gasteiger partial charge in [0.15, 0.2) is 0 Å². The lowest BCUT2D eigenvalue weighted by molar-refractivity contribution is -0.123. The van der Waals surface area contributed by atoms with E-state index in [1.807, 2.05) is 87.6 Å². The predicted octanol–water partition coefficient (Wildman–Crippen LogP) is 4.77. The Morgan fingerprint density at radius 2 is 1.73 bits per heavy atom. The number of para-hydroxylation sites is 1. The van der Waals surface area contributed by atoms with Gasteiger partial charge >= 0.3 is 0 Å². The van der Waals surface area contributed by atoms with Gasteiger partial charge in [-0.05, 0) is 42.7 Å².